The van der Waals surface area contributed by atoms with Crippen LogP contribution in [0.4, 0.5) is 24.7 Å². The summed E-state index contributed by atoms with van der Waals surface area (Å²) in [6.07, 6.45) is -3.36. The number of aryl methyl sites for hydroxylation is 3. The Kier molecular flexibility index (Phi) is 6.36. The summed E-state index contributed by atoms with van der Waals surface area (Å²) in [7, 11) is 0. The van der Waals surface area contributed by atoms with Crippen molar-refractivity contribution in [2.24, 2.45) is 0 Å². The van der Waals surface area contributed by atoms with Crippen LogP contribution in [0.25, 0.3) is 0 Å². The Morgan fingerprint density at radius 1 is 1.13 bits per heavy atom. The van der Waals surface area contributed by atoms with Gasteiger partial charge in [0.25, 0.3) is 11.7 Å². The first-order valence-corrected chi connectivity index (χ1v) is 10.1. The van der Waals surface area contributed by atoms with Gasteiger partial charge in [-0.25, -0.2) is 4.98 Å². The molecule has 30 heavy (non-hydrogen) atoms. The van der Waals surface area contributed by atoms with Gasteiger partial charge in [-0.3, -0.25) is 9.69 Å². The zero-order valence-corrected chi connectivity index (χ0v) is 17.8. The maximum Gasteiger partial charge on any atom is 0.419 e. The number of hydrogen-bond acceptors (Lipinski definition) is 2. The van der Waals surface area contributed by atoms with Gasteiger partial charge in [0.1, 0.15) is 32.4 Å². The fourth-order valence-corrected chi connectivity index (χ4v) is 4.05. The first-order chi connectivity index (χ1) is 14.1. The monoisotopic (exact) mass is 422 g/mol. The van der Waals surface area contributed by atoms with Crippen LogP contribution in [0.3, 0.4) is 0 Å². The molecule has 0 spiro atoms. The molecule has 1 atom stereocenters. The van der Waals surface area contributed by atoms with Gasteiger partial charge in [-0.15, -0.1) is 0 Å². The number of piperazine rings is 1. The number of H-pyrrole nitrogens is 1. The van der Waals surface area contributed by atoms with Gasteiger partial charge in [-0.1, -0.05) is 17.7 Å². The molecule has 0 aliphatic carbocycles. The van der Waals surface area contributed by atoms with Gasteiger partial charge < -0.3 is 10.2 Å². The van der Waals surface area contributed by atoms with E-state index in [4.69, 9.17) is 0 Å². The van der Waals surface area contributed by atoms with Crippen molar-refractivity contribution in [2.45, 2.75) is 39.9 Å². The molecule has 0 unspecified atom stereocenters. The first kappa shape index (κ1) is 22.1. The third-order valence-corrected chi connectivity index (χ3v) is 5.80. The first-order valence-electron chi connectivity index (χ1n) is 10.1. The van der Waals surface area contributed by atoms with E-state index >= 15 is 0 Å². The van der Waals surface area contributed by atoms with E-state index in [-0.39, 0.29) is 11.9 Å². The number of amides is 1. The number of alkyl halides is 3. The number of halogens is 3. The van der Waals surface area contributed by atoms with Crippen LogP contribution in [-0.4, -0.2) is 38.1 Å². The topological polar surface area (TPSA) is 50.9 Å². The fourth-order valence-electron chi connectivity index (χ4n) is 4.05. The number of carbonyl (C=O) groups excluding carboxylic acids is 1. The van der Waals surface area contributed by atoms with Gasteiger partial charge in [0.05, 0.1) is 5.56 Å². The minimum Gasteiger partial charge on any atom is -0.320 e. The zero-order valence-electron chi connectivity index (χ0n) is 17.8. The number of carbonyl (C=O) groups is 1. The summed E-state index contributed by atoms with van der Waals surface area (Å²) < 4.78 is 38.2. The lowest BCUT2D eigenvalue weighted by Gasteiger charge is -2.31. The number of rotatable bonds is 4. The number of aromatic amines is 1. The Bertz CT molecular complexity index is 881. The van der Waals surface area contributed by atoms with Crippen molar-refractivity contribution in [2.75, 3.05) is 36.4 Å². The number of pyridine rings is 1. The average molecular weight is 422 g/mol. The fraction of sp³-hybridized carbons (Fsp3) is 0.455. The molecule has 1 aliphatic rings. The number of quaternary nitrogens is 1. The third-order valence-electron chi connectivity index (χ3n) is 5.80. The van der Waals surface area contributed by atoms with Crippen LogP contribution in [0.15, 0.2) is 30.5 Å². The molecule has 0 radical (unpaired) electrons. The minimum atomic E-state index is -4.35. The largest absolute Gasteiger partial charge is 0.419 e. The van der Waals surface area contributed by atoms with E-state index in [1.54, 1.807) is 0 Å². The summed E-state index contributed by atoms with van der Waals surface area (Å²) in [6.45, 7) is 10.7. The highest BCUT2D eigenvalue weighted by atomic mass is 19.4. The predicted octanol–water partition coefficient (Wildman–Crippen LogP) is 2.18. The number of nitrogens with one attached hydrogen (secondary N) is 3. The molecule has 5 nitrogen and oxygen atoms in total. The molecule has 1 aromatic heterocycles. The molecule has 1 aliphatic heterocycles. The van der Waals surface area contributed by atoms with Crippen LogP contribution >= 0.6 is 0 Å². The van der Waals surface area contributed by atoms with Crippen molar-refractivity contribution >= 4 is 17.4 Å². The van der Waals surface area contributed by atoms with Gasteiger partial charge in [-0.2, -0.15) is 13.2 Å². The van der Waals surface area contributed by atoms with Gasteiger partial charge in [0.15, 0.2) is 6.04 Å². The highest BCUT2D eigenvalue weighted by molar-refractivity contribution is 5.95. The maximum atomic E-state index is 12.8. The molecular weight excluding hydrogens is 393 g/mol. The summed E-state index contributed by atoms with van der Waals surface area (Å²) in [6, 6.07) is 6.45. The van der Waals surface area contributed by atoms with Crippen molar-refractivity contribution in [1.29, 1.82) is 0 Å². The second kappa shape index (κ2) is 8.63. The van der Waals surface area contributed by atoms with Crippen molar-refractivity contribution in [1.82, 2.24) is 0 Å². The Labute approximate surface area is 174 Å². The predicted molar refractivity (Wildman–Crippen MR) is 110 cm³/mol. The molecule has 8 heteroatoms. The quantitative estimate of drug-likeness (QED) is 0.794. The van der Waals surface area contributed by atoms with Crippen molar-refractivity contribution in [3.63, 3.8) is 0 Å². The molecule has 0 saturated carbocycles. The molecule has 1 fully saturated rings. The van der Waals surface area contributed by atoms with Crippen LogP contribution in [0.5, 0.6) is 0 Å². The Morgan fingerprint density at radius 3 is 2.23 bits per heavy atom. The summed E-state index contributed by atoms with van der Waals surface area (Å²) in [4.78, 5) is 18.8. The molecule has 162 valence electrons. The number of anilines is 2. The number of hydrogen-bond donors (Lipinski definition) is 2. The highest BCUT2D eigenvalue weighted by Crippen LogP contribution is 2.28. The molecule has 1 amide bonds. The third kappa shape index (κ3) is 4.92. The molecule has 0 bridgehead atoms. The van der Waals surface area contributed by atoms with E-state index in [0.29, 0.717) is 18.9 Å². The molecular formula is C22H29F3N4O+2. The summed E-state index contributed by atoms with van der Waals surface area (Å²) in [5, 5.41) is 3.08. The number of nitrogens with zero attached hydrogens (tertiary/aromatic N) is 1. The average Bonchev–Trinajstić information content (AvgIpc) is 2.69. The van der Waals surface area contributed by atoms with E-state index in [0.717, 1.165) is 52.6 Å². The van der Waals surface area contributed by atoms with Crippen LogP contribution in [0.2, 0.25) is 0 Å². The molecule has 1 saturated heterocycles. The van der Waals surface area contributed by atoms with E-state index < -0.39 is 11.7 Å². The van der Waals surface area contributed by atoms with Gasteiger partial charge >= 0.3 is 6.18 Å². The van der Waals surface area contributed by atoms with Crippen LogP contribution in [0, 0.1) is 20.8 Å². The number of aromatic nitrogens is 1. The second-order valence-electron chi connectivity index (χ2n) is 8.09. The van der Waals surface area contributed by atoms with Gasteiger partial charge in [-0.05, 0) is 44.9 Å². The zero-order chi connectivity index (χ0) is 22.1. The second-order valence-corrected chi connectivity index (χ2v) is 8.09. The standard InChI is InChI=1S/C22H27F3N4O/c1-14-11-15(2)20(16(3)12-14)27-21(30)17(4)28-7-9-29(10-8-28)19-6-5-18(13-26-19)22(23,24)25/h5-6,11-13,17H,7-10H2,1-4H3,(H,27,30)/p+2/t17-/m1/s1. The lowest BCUT2D eigenvalue weighted by Crippen LogP contribution is -3.19. The molecule has 2 heterocycles. The molecule has 2 aromatic rings. The Hall–Kier alpha value is -2.61. The minimum absolute atomic E-state index is 0.0189. The lowest BCUT2D eigenvalue weighted by atomic mass is 10.0. The van der Waals surface area contributed by atoms with Crippen LogP contribution in [-0.2, 0) is 11.0 Å². The Balaban J connectivity index is 1.58. The van der Waals surface area contributed by atoms with Crippen LogP contribution in [0.1, 0.15) is 29.2 Å². The van der Waals surface area contributed by atoms with E-state index in [1.807, 2.05) is 32.6 Å². The van der Waals surface area contributed by atoms with Gasteiger partial charge in [0, 0.05) is 11.8 Å². The van der Waals surface area contributed by atoms with Crippen molar-refractivity contribution in [3.05, 3.63) is 52.7 Å². The highest BCUT2D eigenvalue weighted by Gasteiger charge is 2.35. The lowest BCUT2D eigenvalue weighted by molar-refractivity contribution is -0.914. The summed E-state index contributed by atoms with van der Waals surface area (Å²) >= 11 is 0. The van der Waals surface area contributed by atoms with E-state index in [2.05, 4.69) is 22.4 Å². The SMILES string of the molecule is Cc1cc(C)c(NC(=O)[C@@H](C)[NH+]2CCN(c3ccc(C(F)(F)F)c[nH+]3)CC2)c(C)c1. The van der Waals surface area contributed by atoms with E-state index in [1.165, 1.54) is 6.07 Å². The smallest absolute Gasteiger partial charge is 0.320 e. The van der Waals surface area contributed by atoms with E-state index in [9.17, 15) is 18.0 Å². The molecule has 3 rings (SSSR count). The van der Waals surface area contributed by atoms with Crippen molar-refractivity contribution < 1.29 is 27.8 Å². The van der Waals surface area contributed by atoms with Gasteiger partial charge in [0.2, 0.25) is 0 Å². The Morgan fingerprint density at radius 2 is 1.73 bits per heavy atom. The summed E-state index contributed by atoms with van der Waals surface area (Å²) in [5.74, 6) is 0.639. The molecule has 3 N–H and O–H groups in total. The maximum absolute atomic E-state index is 12.8. The van der Waals surface area contributed by atoms with Crippen LogP contribution < -0.4 is 20.1 Å². The molecule has 1 aromatic carbocycles. The summed E-state index contributed by atoms with van der Waals surface area (Å²) in [5.41, 5.74) is 3.44. The normalized spacial score (nSPS) is 16.4. The van der Waals surface area contributed by atoms with Crippen molar-refractivity contribution in [3.8, 4) is 0 Å². The number of benzene rings is 1.